The van der Waals surface area contributed by atoms with Gasteiger partial charge in [-0.05, 0) is 50.8 Å². The fourth-order valence-electron chi connectivity index (χ4n) is 2.67. The summed E-state index contributed by atoms with van der Waals surface area (Å²) in [4.78, 5) is 10.4. The van der Waals surface area contributed by atoms with Crippen molar-refractivity contribution in [2.45, 2.75) is 84.2 Å². The van der Waals surface area contributed by atoms with Gasteiger partial charge in [0, 0.05) is 6.42 Å². The van der Waals surface area contributed by atoms with Crippen LogP contribution in [0.3, 0.4) is 0 Å². The lowest BCUT2D eigenvalue weighted by molar-refractivity contribution is -0.137. The van der Waals surface area contributed by atoms with Crippen molar-refractivity contribution in [3.8, 4) is 5.75 Å². The molecule has 0 radical (unpaired) electrons. The van der Waals surface area contributed by atoms with Crippen LogP contribution in [0.4, 0.5) is 0 Å². The summed E-state index contributed by atoms with van der Waals surface area (Å²) < 4.78 is 5.65. The molecular formula is C20H32O3. The van der Waals surface area contributed by atoms with Crippen molar-refractivity contribution in [1.82, 2.24) is 0 Å². The van der Waals surface area contributed by atoms with E-state index in [1.807, 2.05) is 13.8 Å². The highest BCUT2D eigenvalue weighted by molar-refractivity contribution is 5.66. The van der Waals surface area contributed by atoms with E-state index < -0.39 is 5.97 Å². The monoisotopic (exact) mass is 320 g/mol. The summed E-state index contributed by atoms with van der Waals surface area (Å²) in [5, 5.41) is 8.55. The number of unbranched alkanes of at least 4 members (excludes halogenated alkanes) is 7. The normalized spacial score (nSPS) is 10.9. The van der Waals surface area contributed by atoms with Gasteiger partial charge in [-0.1, -0.05) is 50.7 Å². The highest BCUT2D eigenvalue weighted by Crippen LogP contribution is 2.16. The first-order chi connectivity index (χ1) is 11.1. The third-order valence-electron chi connectivity index (χ3n) is 3.90. The quantitative estimate of drug-likeness (QED) is 0.480. The van der Waals surface area contributed by atoms with Gasteiger partial charge in [-0.2, -0.15) is 0 Å². The Bertz CT molecular complexity index is 423. The Kier molecular flexibility index (Phi) is 10.2. The number of rotatable bonds is 13. The van der Waals surface area contributed by atoms with Gasteiger partial charge in [0.05, 0.1) is 6.10 Å². The molecule has 0 heterocycles. The van der Waals surface area contributed by atoms with Crippen LogP contribution in [0.25, 0.3) is 0 Å². The molecule has 0 saturated heterocycles. The summed E-state index contributed by atoms with van der Waals surface area (Å²) in [6.45, 7) is 4.08. The maximum Gasteiger partial charge on any atom is 0.303 e. The van der Waals surface area contributed by atoms with Gasteiger partial charge in [-0.15, -0.1) is 0 Å². The molecule has 1 rings (SSSR count). The van der Waals surface area contributed by atoms with Crippen molar-refractivity contribution in [2.75, 3.05) is 0 Å². The van der Waals surface area contributed by atoms with Crippen LogP contribution in [0.1, 0.15) is 77.2 Å². The Labute approximate surface area is 141 Å². The van der Waals surface area contributed by atoms with Crippen LogP contribution < -0.4 is 4.74 Å². The predicted octanol–water partition coefficient (Wildman–Crippen LogP) is 5.61. The average Bonchev–Trinajstić information content (AvgIpc) is 2.50. The van der Waals surface area contributed by atoms with Crippen LogP contribution in [0.2, 0.25) is 0 Å². The standard InChI is InChI=1S/C20H32O3/c1-17(2)23-19-15-13-18(14-16-19)11-9-7-5-3-4-6-8-10-12-20(21)22/h13-17H,3-12H2,1-2H3,(H,21,22). The fourth-order valence-corrected chi connectivity index (χ4v) is 2.67. The van der Waals surface area contributed by atoms with Crippen molar-refractivity contribution < 1.29 is 14.6 Å². The summed E-state index contributed by atoms with van der Waals surface area (Å²) >= 11 is 0. The summed E-state index contributed by atoms with van der Waals surface area (Å²) in [6.07, 6.45) is 11.0. The van der Waals surface area contributed by atoms with E-state index in [9.17, 15) is 4.79 Å². The second-order valence-corrected chi connectivity index (χ2v) is 6.53. The molecule has 0 saturated carbocycles. The van der Waals surface area contributed by atoms with Crippen molar-refractivity contribution in [2.24, 2.45) is 0 Å². The molecule has 130 valence electrons. The topological polar surface area (TPSA) is 46.5 Å². The molecule has 0 aromatic heterocycles. The van der Waals surface area contributed by atoms with Crippen LogP contribution in [0.15, 0.2) is 24.3 Å². The molecule has 0 aliphatic heterocycles. The molecule has 0 aliphatic rings. The van der Waals surface area contributed by atoms with Gasteiger partial charge in [0.15, 0.2) is 0 Å². The van der Waals surface area contributed by atoms with Gasteiger partial charge in [-0.3, -0.25) is 4.79 Å². The molecule has 0 atom stereocenters. The maximum atomic E-state index is 10.4. The van der Waals surface area contributed by atoms with Crippen molar-refractivity contribution in [1.29, 1.82) is 0 Å². The number of aliphatic carboxylic acids is 1. The summed E-state index contributed by atoms with van der Waals surface area (Å²) in [5.41, 5.74) is 1.38. The molecule has 23 heavy (non-hydrogen) atoms. The highest BCUT2D eigenvalue weighted by Gasteiger charge is 1.99. The average molecular weight is 320 g/mol. The molecule has 0 unspecified atom stereocenters. The Balaban J connectivity index is 1.97. The van der Waals surface area contributed by atoms with Gasteiger partial charge in [0.25, 0.3) is 0 Å². The lowest BCUT2D eigenvalue weighted by Gasteiger charge is -2.10. The Morgan fingerprint density at radius 3 is 1.96 bits per heavy atom. The number of benzene rings is 1. The summed E-state index contributed by atoms with van der Waals surface area (Å²) in [5.74, 6) is 0.278. The minimum Gasteiger partial charge on any atom is -0.491 e. The zero-order valence-electron chi connectivity index (χ0n) is 14.7. The second-order valence-electron chi connectivity index (χ2n) is 6.53. The minimum absolute atomic E-state index is 0.227. The van der Waals surface area contributed by atoms with E-state index in [2.05, 4.69) is 24.3 Å². The molecule has 0 aliphatic carbocycles. The number of carboxylic acids is 1. The van der Waals surface area contributed by atoms with E-state index in [0.29, 0.717) is 6.42 Å². The predicted molar refractivity (Wildman–Crippen MR) is 95.1 cm³/mol. The van der Waals surface area contributed by atoms with Gasteiger partial charge >= 0.3 is 5.97 Å². The first-order valence-corrected chi connectivity index (χ1v) is 9.05. The molecule has 0 spiro atoms. The lowest BCUT2D eigenvalue weighted by atomic mass is 10.0. The molecule has 1 aromatic rings. The number of ether oxygens (including phenoxy) is 1. The molecule has 0 bridgehead atoms. The molecule has 1 N–H and O–H groups in total. The summed E-state index contributed by atoms with van der Waals surface area (Å²) in [6, 6.07) is 8.46. The zero-order chi connectivity index (χ0) is 16.9. The van der Waals surface area contributed by atoms with E-state index in [-0.39, 0.29) is 6.10 Å². The molecule has 0 amide bonds. The first kappa shape index (κ1) is 19.5. The Morgan fingerprint density at radius 2 is 1.43 bits per heavy atom. The van der Waals surface area contributed by atoms with Crippen LogP contribution >= 0.6 is 0 Å². The largest absolute Gasteiger partial charge is 0.491 e. The third-order valence-corrected chi connectivity index (χ3v) is 3.90. The molecule has 3 heteroatoms. The molecule has 3 nitrogen and oxygen atoms in total. The summed E-state index contributed by atoms with van der Waals surface area (Å²) in [7, 11) is 0. The number of hydrogen-bond donors (Lipinski definition) is 1. The number of carboxylic acid groups (broad SMARTS) is 1. The van der Waals surface area contributed by atoms with Crippen LogP contribution in [0, 0.1) is 0 Å². The van der Waals surface area contributed by atoms with E-state index >= 15 is 0 Å². The molecular weight excluding hydrogens is 288 g/mol. The van der Waals surface area contributed by atoms with Gasteiger partial charge < -0.3 is 9.84 Å². The van der Waals surface area contributed by atoms with Crippen LogP contribution in [-0.4, -0.2) is 17.2 Å². The first-order valence-electron chi connectivity index (χ1n) is 9.05. The van der Waals surface area contributed by atoms with Gasteiger partial charge in [-0.25, -0.2) is 0 Å². The SMILES string of the molecule is CC(C)Oc1ccc(CCCCCCCCCCC(=O)O)cc1. The van der Waals surface area contributed by atoms with Crippen LogP contribution in [0.5, 0.6) is 5.75 Å². The number of carbonyl (C=O) groups is 1. The molecule has 0 fully saturated rings. The molecule has 1 aromatic carbocycles. The highest BCUT2D eigenvalue weighted by atomic mass is 16.5. The lowest BCUT2D eigenvalue weighted by Crippen LogP contribution is -2.05. The van der Waals surface area contributed by atoms with Gasteiger partial charge in [0.1, 0.15) is 5.75 Å². The number of aryl methyl sites for hydroxylation is 1. The van der Waals surface area contributed by atoms with Crippen LogP contribution in [-0.2, 0) is 11.2 Å². The Morgan fingerprint density at radius 1 is 0.913 bits per heavy atom. The fraction of sp³-hybridized carbons (Fsp3) is 0.650. The Hall–Kier alpha value is -1.51. The third kappa shape index (κ3) is 10.8. The van der Waals surface area contributed by atoms with E-state index in [1.165, 1.54) is 44.1 Å². The van der Waals surface area contributed by atoms with E-state index in [4.69, 9.17) is 9.84 Å². The smallest absolute Gasteiger partial charge is 0.303 e. The van der Waals surface area contributed by atoms with Crippen molar-refractivity contribution in [3.63, 3.8) is 0 Å². The van der Waals surface area contributed by atoms with Gasteiger partial charge in [0.2, 0.25) is 0 Å². The number of hydrogen-bond acceptors (Lipinski definition) is 2. The zero-order valence-corrected chi connectivity index (χ0v) is 14.7. The van der Waals surface area contributed by atoms with E-state index in [0.717, 1.165) is 25.0 Å². The van der Waals surface area contributed by atoms with E-state index in [1.54, 1.807) is 0 Å². The van der Waals surface area contributed by atoms with Crippen molar-refractivity contribution >= 4 is 5.97 Å². The minimum atomic E-state index is -0.672. The second kappa shape index (κ2) is 12.0. The van der Waals surface area contributed by atoms with Crippen molar-refractivity contribution in [3.05, 3.63) is 29.8 Å². The maximum absolute atomic E-state index is 10.4.